The van der Waals surface area contributed by atoms with Crippen LogP contribution in [0, 0.1) is 23.7 Å². The minimum absolute atomic E-state index is 0.00676. The highest BCUT2D eigenvalue weighted by molar-refractivity contribution is 5.82. The molecule has 1 aromatic rings. The van der Waals surface area contributed by atoms with Gasteiger partial charge in [-0.05, 0) is 43.6 Å². The van der Waals surface area contributed by atoms with E-state index in [9.17, 15) is 9.59 Å². The Balaban J connectivity index is 1.12. The molecule has 0 bridgehead atoms. The van der Waals surface area contributed by atoms with Gasteiger partial charge in [-0.2, -0.15) is 0 Å². The number of likely N-dealkylation sites (tertiary alicyclic amines) is 1. The Morgan fingerprint density at radius 2 is 1.94 bits per heavy atom. The van der Waals surface area contributed by atoms with Crippen LogP contribution >= 0.6 is 0 Å². The summed E-state index contributed by atoms with van der Waals surface area (Å²) in [6.45, 7) is 5.89. The molecule has 1 saturated carbocycles. The van der Waals surface area contributed by atoms with Crippen molar-refractivity contribution in [3.8, 4) is 5.88 Å². The number of hydrogen-bond acceptors (Lipinski definition) is 7. The lowest BCUT2D eigenvalue weighted by molar-refractivity contribution is -0.144. The van der Waals surface area contributed by atoms with Crippen molar-refractivity contribution in [3.63, 3.8) is 0 Å². The van der Waals surface area contributed by atoms with Gasteiger partial charge < -0.3 is 19.7 Å². The molecular formula is C27H39N5O4. The Bertz CT molecular complexity index is 933. The molecule has 0 spiro atoms. The Hall–Kier alpha value is -2.23. The number of amides is 2. The summed E-state index contributed by atoms with van der Waals surface area (Å²) in [5, 5.41) is 5.72. The van der Waals surface area contributed by atoms with Crippen LogP contribution in [0.4, 0.5) is 0 Å². The number of pyridine rings is 1. The number of hydrazine groups is 1. The van der Waals surface area contributed by atoms with E-state index in [1.807, 2.05) is 18.2 Å². The fraction of sp³-hybridized carbons (Fsp3) is 0.741. The SMILES string of the molecule is CC1CC2NC(=O)C3CNN(C4CCOCC4)C3C2CC1C(=O)N1CCC(Oc2ccccn2)CC1. The largest absolute Gasteiger partial charge is 0.474 e. The third-order valence-corrected chi connectivity index (χ3v) is 9.27. The zero-order valence-electron chi connectivity index (χ0n) is 21.2. The van der Waals surface area contributed by atoms with Crippen molar-refractivity contribution >= 4 is 11.8 Å². The predicted molar refractivity (Wildman–Crippen MR) is 133 cm³/mol. The van der Waals surface area contributed by atoms with Crippen LogP contribution in [0.3, 0.4) is 0 Å². The van der Waals surface area contributed by atoms with Gasteiger partial charge in [-0.25, -0.2) is 9.99 Å². The van der Waals surface area contributed by atoms with E-state index in [0.29, 0.717) is 24.4 Å². The molecule has 36 heavy (non-hydrogen) atoms. The summed E-state index contributed by atoms with van der Waals surface area (Å²) in [6.07, 6.45) is 7.20. The molecule has 9 heteroatoms. The zero-order valence-corrected chi connectivity index (χ0v) is 21.2. The monoisotopic (exact) mass is 497 g/mol. The molecule has 6 unspecified atom stereocenters. The normalized spacial score (nSPS) is 36.1. The van der Waals surface area contributed by atoms with Crippen LogP contribution in [0.25, 0.3) is 0 Å². The number of nitrogens with zero attached hydrogens (tertiary/aromatic N) is 3. The van der Waals surface area contributed by atoms with Crippen molar-refractivity contribution in [2.75, 3.05) is 32.8 Å². The quantitative estimate of drug-likeness (QED) is 0.652. The first-order chi connectivity index (χ1) is 17.6. The minimum atomic E-state index is -0.0438. The summed E-state index contributed by atoms with van der Waals surface area (Å²) in [5.41, 5.74) is 3.58. The van der Waals surface area contributed by atoms with Gasteiger partial charge in [-0.3, -0.25) is 15.0 Å². The average Bonchev–Trinajstić information content (AvgIpc) is 3.36. The first-order valence-corrected chi connectivity index (χ1v) is 13.8. The first kappa shape index (κ1) is 24.1. The molecular weight excluding hydrogens is 458 g/mol. The zero-order chi connectivity index (χ0) is 24.6. The van der Waals surface area contributed by atoms with E-state index in [1.165, 1.54) is 0 Å². The van der Waals surface area contributed by atoms with Crippen molar-refractivity contribution < 1.29 is 19.1 Å². The first-order valence-electron chi connectivity index (χ1n) is 13.8. The van der Waals surface area contributed by atoms with Crippen LogP contribution in [0.5, 0.6) is 5.88 Å². The van der Waals surface area contributed by atoms with Gasteiger partial charge in [0.15, 0.2) is 0 Å². The van der Waals surface area contributed by atoms with Crippen LogP contribution in [-0.2, 0) is 14.3 Å². The van der Waals surface area contributed by atoms with Crippen molar-refractivity contribution in [3.05, 3.63) is 24.4 Å². The second-order valence-corrected chi connectivity index (χ2v) is 11.4. The van der Waals surface area contributed by atoms with E-state index >= 15 is 0 Å². The summed E-state index contributed by atoms with van der Waals surface area (Å²) < 4.78 is 11.6. The summed E-state index contributed by atoms with van der Waals surface area (Å²) in [5.74, 6) is 1.63. The third-order valence-electron chi connectivity index (χ3n) is 9.27. The standard InChI is InChI=1S/C27H39N5O4/c1-17-14-23-21(25-22(26(33)30-23)16-29-32(25)18-7-12-35-13-8-18)15-20(17)27(34)31-10-5-19(6-11-31)36-24-4-2-3-9-28-24/h2-4,9,17-23,25,29H,5-8,10-16H2,1H3,(H,30,33). The number of carbonyl (C=O) groups excluding carboxylic acids is 2. The maximum Gasteiger partial charge on any atom is 0.226 e. The van der Waals surface area contributed by atoms with Crippen molar-refractivity contribution in [1.82, 2.24) is 25.6 Å². The minimum Gasteiger partial charge on any atom is -0.474 e. The van der Waals surface area contributed by atoms with Crippen LogP contribution in [0.1, 0.15) is 45.4 Å². The van der Waals surface area contributed by atoms with Gasteiger partial charge in [0.25, 0.3) is 0 Å². The highest BCUT2D eigenvalue weighted by Crippen LogP contribution is 2.44. The maximum absolute atomic E-state index is 13.8. The third kappa shape index (κ3) is 4.61. The van der Waals surface area contributed by atoms with Gasteiger partial charge in [0.05, 0.1) is 5.92 Å². The highest BCUT2D eigenvalue weighted by Gasteiger charge is 2.55. The lowest BCUT2D eigenvalue weighted by atomic mass is 9.65. The predicted octanol–water partition coefficient (Wildman–Crippen LogP) is 1.60. The summed E-state index contributed by atoms with van der Waals surface area (Å²) in [4.78, 5) is 33.1. The topological polar surface area (TPSA) is 96.0 Å². The molecule has 0 radical (unpaired) electrons. The molecule has 4 saturated heterocycles. The van der Waals surface area contributed by atoms with E-state index in [0.717, 1.165) is 64.8 Å². The second-order valence-electron chi connectivity index (χ2n) is 11.4. The molecule has 0 aromatic carbocycles. The summed E-state index contributed by atoms with van der Waals surface area (Å²) in [7, 11) is 0. The molecule has 5 heterocycles. The fourth-order valence-electron chi connectivity index (χ4n) is 7.33. The van der Waals surface area contributed by atoms with Gasteiger partial charge in [0.2, 0.25) is 17.7 Å². The van der Waals surface area contributed by atoms with Gasteiger partial charge >= 0.3 is 0 Å². The molecule has 6 rings (SSSR count). The number of carbonyl (C=O) groups is 2. The summed E-state index contributed by atoms with van der Waals surface area (Å²) in [6, 6.07) is 6.40. The molecule has 9 nitrogen and oxygen atoms in total. The maximum atomic E-state index is 13.8. The van der Waals surface area contributed by atoms with Gasteiger partial charge in [0, 0.05) is 82.0 Å². The number of hydrogen-bond donors (Lipinski definition) is 2. The van der Waals surface area contributed by atoms with Crippen molar-refractivity contribution in [2.24, 2.45) is 23.7 Å². The Morgan fingerprint density at radius 1 is 1.14 bits per heavy atom. The average molecular weight is 498 g/mol. The van der Waals surface area contributed by atoms with Gasteiger partial charge in [-0.15, -0.1) is 0 Å². The molecule has 2 amide bonds. The smallest absolute Gasteiger partial charge is 0.226 e. The molecule has 6 atom stereocenters. The Kier molecular flexibility index (Phi) is 6.88. The van der Waals surface area contributed by atoms with E-state index < -0.39 is 0 Å². The summed E-state index contributed by atoms with van der Waals surface area (Å²) >= 11 is 0. The Morgan fingerprint density at radius 3 is 2.69 bits per heavy atom. The van der Waals surface area contributed by atoms with E-state index in [2.05, 4.69) is 32.6 Å². The fourth-order valence-corrected chi connectivity index (χ4v) is 7.33. The number of piperidine rings is 2. The second kappa shape index (κ2) is 10.3. The highest BCUT2D eigenvalue weighted by atomic mass is 16.5. The number of aromatic nitrogens is 1. The van der Waals surface area contributed by atoms with Crippen LogP contribution in [0.2, 0.25) is 0 Å². The van der Waals surface area contributed by atoms with E-state index in [-0.39, 0.29) is 47.8 Å². The Labute approximate surface area is 213 Å². The van der Waals surface area contributed by atoms with Crippen LogP contribution in [-0.4, -0.2) is 83.8 Å². The molecule has 1 aromatic heterocycles. The molecule has 5 aliphatic rings. The lowest BCUT2D eigenvalue weighted by Gasteiger charge is -2.50. The molecule has 2 N–H and O–H groups in total. The van der Waals surface area contributed by atoms with Gasteiger partial charge in [-0.1, -0.05) is 13.0 Å². The number of nitrogens with one attached hydrogen (secondary N) is 2. The van der Waals surface area contributed by atoms with E-state index in [1.54, 1.807) is 6.20 Å². The number of ether oxygens (including phenoxy) is 2. The van der Waals surface area contributed by atoms with Crippen LogP contribution in [0.15, 0.2) is 24.4 Å². The van der Waals surface area contributed by atoms with Crippen molar-refractivity contribution in [2.45, 2.75) is 69.7 Å². The molecule has 5 fully saturated rings. The van der Waals surface area contributed by atoms with Crippen LogP contribution < -0.4 is 15.5 Å². The van der Waals surface area contributed by atoms with Crippen molar-refractivity contribution in [1.29, 1.82) is 0 Å². The molecule has 1 aliphatic carbocycles. The molecule has 4 aliphatic heterocycles. The number of fused-ring (bicyclic) bond motifs is 3. The molecule has 196 valence electrons. The van der Waals surface area contributed by atoms with Gasteiger partial charge in [0.1, 0.15) is 6.10 Å². The number of rotatable bonds is 4. The van der Waals surface area contributed by atoms with E-state index in [4.69, 9.17) is 9.47 Å². The lowest BCUT2D eigenvalue weighted by Crippen LogP contribution is -2.64.